The van der Waals surface area contributed by atoms with Gasteiger partial charge in [0, 0.05) is 18.0 Å². The van der Waals surface area contributed by atoms with Gasteiger partial charge in [-0.2, -0.15) is 13.2 Å². The van der Waals surface area contributed by atoms with E-state index in [0.29, 0.717) is 17.7 Å². The molecule has 2 atom stereocenters. The smallest absolute Gasteiger partial charge is 0.392 e. The molecule has 0 aromatic heterocycles. The van der Waals surface area contributed by atoms with Gasteiger partial charge >= 0.3 is 6.18 Å². The Hall–Kier alpha value is -3.30. The lowest BCUT2D eigenvalue weighted by Gasteiger charge is -2.37. The Kier molecular flexibility index (Phi) is 8.95. The quantitative estimate of drug-likeness (QED) is 0.318. The summed E-state index contributed by atoms with van der Waals surface area (Å²) in [7, 11) is 0. The van der Waals surface area contributed by atoms with Crippen LogP contribution >= 0.6 is 11.8 Å². The second kappa shape index (κ2) is 12.1. The van der Waals surface area contributed by atoms with Crippen molar-refractivity contribution in [2.45, 2.75) is 62.2 Å². The zero-order chi connectivity index (χ0) is 29.1. The van der Waals surface area contributed by atoms with Gasteiger partial charge in [0.2, 0.25) is 11.8 Å². The highest BCUT2D eigenvalue weighted by Crippen LogP contribution is 2.53. The fraction of sp³-hybridized carbons (Fsp3) is 0.355. The number of halogens is 3. The van der Waals surface area contributed by atoms with Crippen molar-refractivity contribution in [2.24, 2.45) is 5.92 Å². The summed E-state index contributed by atoms with van der Waals surface area (Å²) in [4.78, 5) is 30.0. The zero-order valence-electron chi connectivity index (χ0n) is 22.7. The maximum Gasteiger partial charge on any atom is 0.416 e. The van der Waals surface area contributed by atoms with Gasteiger partial charge in [0.05, 0.1) is 24.6 Å². The van der Waals surface area contributed by atoms with Crippen LogP contribution in [-0.2, 0) is 28.9 Å². The average molecular weight is 571 g/mol. The highest BCUT2D eigenvalue weighted by Gasteiger charge is 2.58. The van der Waals surface area contributed by atoms with E-state index in [1.165, 1.54) is 34.9 Å². The summed E-state index contributed by atoms with van der Waals surface area (Å²) in [6, 6.07) is 18.8. The molecule has 0 bridgehead atoms. The summed E-state index contributed by atoms with van der Waals surface area (Å²) in [5.41, 5.74) is 1.42. The van der Waals surface area contributed by atoms with E-state index in [0.717, 1.165) is 16.5 Å². The van der Waals surface area contributed by atoms with Crippen molar-refractivity contribution < 1.29 is 27.9 Å². The molecule has 0 spiro atoms. The molecule has 212 valence electrons. The number of amides is 2. The Bertz CT molecular complexity index is 1340. The van der Waals surface area contributed by atoms with E-state index in [1.807, 2.05) is 45.0 Å². The molecule has 2 N–H and O–H groups in total. The maximum atomic E-state index is 14.1. The van der Waals surface area contributed by atoms with Gasteiger partial charge in [-0.15, -0.1) is 11.8 Å². The first-order chi connectivity index (χ1) is 18.9. The number of nitrogens with zero attached hydrogens (tertiary/aromatic N) is 1. The number of hydrogen-bond acceptors (Lipinski definition) is 4. The number of aliphatic hydroxyl groups excluding tert-OH is 1. The molecule has 9 heteroatoms. The maximum absolute atomic E-state index is 14.1. The largest absolute Gasteiger partial charge is 0.416 e. The van der Waals surface area contributed by atoms with Gasteiger partial charge in [-0.3, -0.25) is 9.59 Å². The molecule has 1 saturated heterocycles. The van der Waals surface area contributed by atoms with E-state index in [4.69, 9.17) is 0 Å². The molecule has 0 aliphatic carbocycles. The molecule has 0 saturated carbocycles. The fourth-order valence-corrected chi connectivity index (χ4v) is 6.40. The van der Waals surface area contributed by atoms with Crippen molar-refractivity contribution in [3.8, 4) is 0 Å². The molecule has 40 heavy (non-hydrogen) atoms. The minimum Gasteiger partial charge on any atom is -0.392 e. The van der Waals surface area contributed by atoms with Crippen molar-refractivity contribution in [3.63, 3.8) is 0 Å². The Balaban J connectivity index is 1.87. The van der Waals surface area contributed by atoms with Crippen LogP contribution in [0, 0.1) is 12.8 Å². The number of hydrogen-bond donors (Lipinski definition) is 2. The van der Waals surface area contributed by atoms with E-state index >= 15 is 0 Å². The van der Waals surface area contributed by atoms with Gasteiger partial charge < -0.3 is 15.3 Å². The van der Waals surface area contributed by atoms with Crippen LogP contribution in [0.1, 0.15) is 54.1 Å². The molecule has 1 aliphatic rings. The van der Waals surface area contributed by atoms with Crippen LogP contribution in [0.3, 0.4) is 0 Å². The first-order valence-corrected chi connectivity index (χ1v) is 13.9. The number of carbonyl (C=O) groups excluding carboxylic acids is 2. The predicted octanol–water partition coefficient (Wildman–Crippen LogP) is 6.28. The zero-order valence-corrected chi connectivity index (χ0v) is 23.5. The van der Waals surface area contributed by atoms with Gasteiger partial charge in [-0.1, -0.05) is 74.0 Å². The van der Waals surface area contributed by atoms with Crippen LogP contribution in [0.2, 0.25) is 0 Å². The molecule has 1 fully saturated rings. The lowest BCUT2D eigenvalue weighted by atomic mass is 9.90. The van der Waals surface area contributed by atoms with Crippen molar-refractivity contribution in [1.82, 2.24) is 10.2 Å². The minimum absolute atomic E-state index is 0.0425. The van der Waals surface area contributed by atoms with Crippen molar-refractivity contribution in [1.29, 1.82) is 0 Å². The third kappa shape index (κ3) is 6.36. The Labute approximate surface area is 236 Å². The fourth-order valence-electron chi connectivity index (χ4n) is 4.98. The number of aryl methyl sites for hydroxylation is 1. The van der Waals surface area contributed by atoms with E-state index in [9.17, 15) is 27.9 Å². The highest BCUT2D eigenvalue weighted by molar-refractivity contribution is 8.01. The predicted molar refractivity (Wildman–Crippen MR) is 149 cm³/mol. The monoisotopic (exact) mass is 570 g/mol. The normalized spacial score (nSPS) is 19.4. The number of benzene rings is 3. The molecule has 4 rings (SSSR count). The van der Waals surface area contributed by atoms with Crippen LogP contribution in [0.4, 0.5) is 13.2 Å². The van der Waals surface area contributed by atoms with Crippen LogP contribution in [0.15, 0.2) is 77.7 Å². The van der Waals surface area contributed by atoms with Crippen LogP contribution in [0.5, 0.6) is 0 Å². The summed E-state index contributed by atoms with van der Waals surface area (Å²) < 4.78 is 40.4. The topological polar surface area (TPSA) is 69.6 Å². The van der Waals surface area contributed by atoms with Crippen LogP contribution in [-0.4, -0.2) is 33.1 Å². The Morgan fingerprint density at radius 1 is 1.07 bits per heavy atom. The number of nitrogens with one attached hydrogen (secondary N) is 1. The summed E-state index contributed by atoms with van der Waals surface area (Å²) in [6.45, 7) is 5.76. The number of aliphatic hydroxyl groups is 1. The van der Waals surface area contributed by atoms with Gasteiger partial charge in [0.25, 0.3) is 0 Å². The van der Waals surface area contributed by atoms with Gasteiger partial charge in [0.15, 0.2) is 0 Å². The van der Waals surface area contributed by atoms with Gasteiger partial charge in [-0.25, -0.2) is 0 Å². The average Bonchev–Trinajstić information content (AvgIpc) is 3.19. The van der Waals surface area contributed by atoms with E-state index in [2.05, 4.69) is 5.32 Å². The molecule has 2 amide bonds. The second-order valence-corrected chi connectivity index (χ2v) is 12.0. The third-order valence-corrected chi connectivity index (χ3v) is 8.43. The summed E-state index contributed by atoms with van der Waals surface area (Å²) >= 11 is 1.26. The molecule has 0 radical (unpaired) electrons. The lowest BCUT2D eigenvalue weighted by molar-refractivity contribution is -0.139. The van der Waals surface area contributed by atoms with Crippen molar-refractivity contribution in [2.75, 3.05) is 6.54 Å². The number of likely N-dealkylation sites (tertiary alicyclic amines) is 1. The van der Waals surface area contributed by atoms with Crippen molar-refractivity contribution in [3.05, 3.63) is 101 Å². The third-order valence-electron chi connectivity index (χ3n) is 7.01. The minimum atomic E-state index is -4.60. The standard InChI is InChI=1S/C31H33F3N2O3S/c1-20(2)17-35-29(39)30(40-25-14-8-21(3)9-15-25)16-27(38)36(28(30)23-12-10-22(19-37)11-13-23)18-24-6-4-5-7-26(24)31(32,33)34/h4-15,20,28,37H,16-19H2,1-3H3,(H,35,39)/t28-,30-/m1/s1. The lowest BCUT2D eigenvalue weighted by Crippen LogP contribution is -2.49. The van der Waals surface area contributed by atoms with Gasteiger partial charge in [0.1, 0.15) is 4.75 Å². The molecule has 3 aromatic rings. The SMILES string of the molecule is Cc1ccc(S[C@]2(C(=O)NCC(C)C)CC(=O)N(Cc3ccccc3C(F)(F)F)[C@@H]2c2ccc(CO)cc2)cc1. The molecule has 5 nitrogen and oxygen atoms in total. The molecule has 3 aromatic carbocycles. The second-order valence-electron chi connectivity index (χ2n) is 10.6. The molecule has 1 aliphatic heterocycles. The van der Waals surface area contributed by atoms with Crippen LogP contribution in [0.25, 0.3) is 0 Å². The van der Waals surface area contributed by atoms with E-state index < -0.39 is 28.4 Å². The Morgan fingerprint density at radius 2 is 1.73 bits per heavy atom. The molecular formula is C31H33F3N2O3S. The van der Waals surface area contributed by atoms with E-state index in [1.54, 1.807) is 24.3 Å². The number of thioether (sulfide) groups is 1. The number of rotatable bonds is 9. The first kappa shape index (κ1) is 29.7. The summed E-state index contributed by atoms with van der Waals surface area (Å²) in [5, 5.41) is 12.6. The van der Waals surface area contributed by atoms with Crippen LogP contribution < -0.4 is 5.32 Å². The number of alkyl halides is 3. The van der Waals surface area contributed by atoms with Crippen molar-refractivity contribution >= 4 is 23.6 Å². The Morgan fingerprint density at radius 3 is 2.33 bits per heavy atom. The van der Waals surface area contributed by atoms with Gasteiger partial charge in [-0.05, 0) is 47.7 Å². The summed E-state index contributed by atoms with van der Waals surface area (Å²) in [6.07, 6.45) is -4.78. The molecular weight excluding hydrogens is 537 g/mol. The molecule has 1 heterocycles. The number of carbonyl (C=O) groups is 2. The van der Waals surface area contributed by atoms with E-state index in [-0.39, 0.29) is 37.0 Å². The first-order valence-electron chi connectivity index (χ1n) is 13.1. The molecule has 0 unspecified atom stereocenters. The highest BCUT2D eigenvalue weighted by atomic mass is 32.2. The summed E-state index contributed by atoms with van der Waals surface area (Å²) in [5.74, 6) is -0.602.